The van der Waals surface area contributed by atoms with E-state index in [4.69, 9.17) is 28.9 Å². The Hall–Kier alpha value is -2.02. The van der Waals surface area contributed by atoms with E-state index in [0.717, 1.165) is 6.07 Å². The van der Waals surface area contributed by atoms with E-state index in [-0.39, 0.29) is 23.0 Å². The highest BCUT2D eigenvalue weighted by molar-refractivity contribution is 8.26. The van der Waals surface area contributed by atoms with Crippen molar-refractivity contribution in [1.82, 2.24) is 14.9 Å². The molecule has 0 bridgehead atoms. The number of thiazole rings is 1. The third kappa shape index (κ3) is 5.96. The summed E-state index contributed by atoms with van der Waals surface area (Å²) in [6.45, 7) is 3.91. The molecule has 1 fully saturated rings. The van der Waals surface area contributed by atoms with Crippen molar-refractivity contribution < 1.29 is 27.9 Å². The van der Waals surface area contributed by atoms with Gasteiger partial charge in [-0.2, -0.15) is 13.2 Å². The molecular weight excluding hydrogens is 531 g/mol. The van der Waals surface area contributed by atoms with Gasteiger partial charge in [0.2, 0.25) is 0 Å². The normalized spacial score (nSPS) is 15.9. The lowest BCUT2D eigenvalue weighted by molar-refractivity contribution is -0.138. The fraction of sp³-hybridized carbons (Fsp3) is 0.381. The van der Waals surface area contributed by atoms with Gasteiger partial charge < -0.3 is 5.11 Å². The van der Waals surface area contributed by atoms with Crippen molar-refractivity contribution in [3.8, 4) is 10.7 Å². The molecule has 34 heavy (non-hydrogen) atoms. The Bertz CT molecular complexity index is 1180. The molecule has 13 heteroatoms. The smallest absolute Gasteiger partial charge is 0.417 e. The molecule has 2 aromatic heterocycles. The third-order valence-electron chi connectivity index (χ3n) is 4.97. The van der Waals surface area contributed by atoms with Crippen molar-refractivity contribution in [3.05, 3.63) is 38.3 Å². The average Bonchev–Trinajstić information content (AvgIpc) is 3.26. The first-order valence-corrected chi connectivity index (χ1v) is 12.5. The van der Waals surface area contributed by atoms with Crippen LogP contribution >= 0.6 is 46.9 Å². The largest absolute Gasteiger partial charge is 0.481 e. The first-order chi connectivity index (χ1) is 15.9. The van der Waals surface area contributed by atoms with E-state index in [1.54, 1.807) is 13.8 Å². The fourth-order valence-corrected chi connectivity index (χ4v) is 6.04. The van der Waals surface area contributed by atoms with Gasteiger partial charge in [0.1, 0.15) is 15.0 Å². The van der Waals surface area contributed by atoms with Crippen LogP contribution in [-0.4, -0.2) is 42.7 Å². The van der Waals surface area contributed by atoms with Crippen LogP contribution in [0.5, 0.6) is 0 Å². The number of thiocarbonyl (C=S) groups is 1. The number of halogens is 4. The predicted molar refractivity (Wildman–Crippen MR) is 131 cm³/mol. The van der Waals surface area contributed by atoms with Crippen LogP contribution < -0.4 is 0 Å². The highest BCUT2D eigenvalue weighted by Gasteiger charge is 2.35. The summed E-state index contributed by atoms with van der Waals surface area (Å²) in [6, 6.07) is 0.814. The average molecular weight is 550 g/mol. The van der Waals surface area contributed by atoms with Crippen LogP contribution in [0.2, 0.25) is 5.02 Å². The summed E-state index contributed by atoms with van der Waals surface area (Å²) in [5, 5.41) is 8.90. The maximum Gasteiger partial charge on any atom is 0.417 e. The van der Waals surface area contributed by atoms with E-state index in [0.29, 0.717) is 62.4 Å². The number of carbonyl (C=O) groups excluding carboxylic acids is 1. The number of pyridine rings is 1. The summed E-state index contributed by atoms with van der Waals surface area (Å²) < 4.78 is 39.1. The van der Waals surface area contributed by atoms with Gasteiger partial charge in [-0.05, 0) is 38.3 Å². The van der Waals surface area contributed by atoms with Gasteiger partial charge in [-0.3, -0.25) is 19.5 Å². The van der Waals surface area contributed by atoms with Gasteiger partial charge >= 0.3 is 12.1 Å². The SMILES string of the molecule is C/C(=C1/SC(=S)N(CCCCCC(=O)O)C1=O)c1sc(-c2ncc(C(F)(F)F)cc2Cl)nc1C. The molecule has 1 aliphatic heterocycles. The summed E-state index contributed by atoms with van der Waals surface area (Å²) in [6.07, 6.45) is -1.93. The molecule has 182 valence electrons. The zero-order chi connectivity index (χ0) is 25.2. The minimum absolute atomic E-state index is 0.0855. The lowest BCUT2D eigenvalue weighted by Crippen LogP contribution is -2.29. The monoisotopic (exact) mass is 549 g/mol. The topological polar surface area (TPSA) is 83.4 Å². The number of thioether (sulfide) groups is 1. The number of aryl methyl sites for hydroxylation is 1. The molecule has 3 heterocycles. The molecule has 6 nitrogen and oxygen atoms in total. The van der Waals surface area contributed by atoms with Crippen molar-refractivity contribution in [2.24, 2.45) is 0 Å². The molecular formula is C21H19ClF3N3O3S3. The van der Waals surface area contributed by atoms with Crippen LogP contribution in [0.15, 0.2) is 17.2 Å². The number of hydrogen-bond acceptors (Lipinski definition) is 7. The molecule has 0 radical (unpaired) electrons. The van der Waals surface area contributed by atoms with Crippen molar-refractivity contribution >= 4 is 68.7 Å². The standard InChI is InChI=1S/C21H19ClF3N3O3S3/c1-10(17-19(31)28(20(32)34-17)7-5-3-4-6-14(29)30)16-11(2)27-18(33-16)15-13(22)8-12(9-26-15)21(23,24)25/h8-9H,3-7H2,1-2H3,(H,29,30)/b17-10-. The second kappa shape index (κ2) is 10.7. The molecule has 2 aromatic rings. The Morgan fingerprint density at radius 2 is 2.00 bits per heavy atom. The first-order valence-electron chi connectivity index (χ1n) is 10.1. The Kier molecular flexibility index (Phi) is 8.38. The van der Waals surface area contributed by atoms with E-state index in [9.17, 15) is 22.8 Å². The minimum Gasteiger partial charge on any atom is -0.481 e. The number of aromatic nitrogens is 2. The number of unbranched alkanes of at least 4 members (excludes halogenated alkanes) is 2. The second-order valence-electron chi connectivity index (χ2n) is 7.47. The summed E-state index contributed by atoms with van der Waals surface area (Å²) in [5.41, 5.74) is 0.442. The zero-order valence-electron chi connectivity index (χ0n) is 18.0. The molecule has 0 spiro atoms. The highest BCUT2D eigenvalue weighted by Crippen LogP contribution is 2.42. The number of allylic oxidation sites excluding steroid dienone is 1. The van der Waals surface area contributed by atoms with E-state index in [1.807, 2.05) is 0 Å². The van der Waals surface area contributed by atoms with Crippen molar-refractivity contribution in [3.63, 3.8) is 0 Å². The van der Waals surface area contributed by atoms with E-state index in [2.05, 4.69) is 9.97 Å². The predicted octanol–water partition coefficient (Wildman–Crippen LogP) is 6.42. The Balaban J connectivity index is 1.80. The van der Waals surface area contributed by atoms with Crippen LogP contribution in [0.25, 0.3) is 16.3 Å². The van der Waals surface area contributed by atoms with Crippen molar-refractivity contribution in [2.75, 3.05) is 6.54 Å². The summed E-state index contributed by atoms with van der Waals surface area (Å²) in [5.74, 6) is -1.08. The number of amides is 1. The van der Waals surface area contributed by atoms with Crippen LogP contribution in [0.4, 0.5) is 13.2 Å². The lowest BCUT2D eigenvalue weighted by atomic mass is 10.1. The number of carboxylic acid groups (broad SMARTS) is 1. The number of rotatable bonds is 8. The zero-order valence-corrected chi connectivity index (χ0v) is 21.2. The van der Waals surface area contributed by atoms with Gasteiger partial charge in [0, 0.05) is 19.2 Å². The van der Waals surface area contributed by atoms with Gasteiger partial charge in [0.15, 0.2) is 0 Å². The lowest BCUT2D eigenvalue weighted by Gasteiger charge is -2.14. The van der Waals surface area contributed by atoms with E-state index < -0.39 is 17.7 Å². The maximum absolute atomic E-state index is 13.0. The van der Waals surface area contributed by atoms with E-state index >= 15 is 0 Å². The molecule has 0 unspecified atom stereocenters. The molecule has 3 rings (SSSR count). The number of alkyl halides is 3. The molecule has 0 saturated carbocycles. The van der Waals surface area contributed by atoms with Gasteiger partial charge in [-0.1, -0.05) is 42.0 Å². The Morgan fingerprint density at radius 3 is 2.62 bits per heavy atom. The van der Waals surface area contributed by atoms with E-state index in [1.165, 1.54) is 28.0 Å². The van der Waals surface area contributed by atoms with Crippen LogP contribution in [0.3, 0.4) is 0 Å². The number of carbonyl (C=O) groups is 2. The maximum atomic E-state index is 13.0. The van der Waals surface area contributed by atoms with Crippen LogP contribution in [0.1, 0.15) is 48.7 Å². The number of carboxylic acids is 1. The molecule has 1 amide bonds. The van der Waals surface area contributed by atoms with Gasteiger partial charge in [-0.15, -0.1) is 11.3 Å². The van der Waals surface area contributed by atoms with Crippen molar-refractivity contribution in [1.29, 1.82) is 0 Å². The number of nitrogens with zero attached hydrogens (tertiary/aromatic N) is 3. The van der Waals surface area contributed by atoms with Crippen LogP contribution in [-0.2, 0) is 15.8 Å². The second-order valence-corrected chi connectivity index (χ2v) is 10.5. The van der Waals surface area contributed by atoms with Gasteiger partial charge in [0.25, 0.3) is 5.91 Å². The van der Waals surface area contributed by atoms with Gasteiger partial charge in [0.05, 0.1) is 26.1 Å². The van der Waals surface area contributed by atoms with Crippen molar-refractivity contribution in [2.45, 2.75) is 45.7 Å². The molecule has 0 atom stereocenters. The summed E-state index contributed by atoms with van der Waals surface area (Å²) >= 11 is 13.8. The summed E-state index contributed by atoms with van der Waals surface area (Å²) in [7, 11) is 0. The molecule has 1 aliphatic rings. The Labute approximate surface area is 212 Å². The molecule has 1 N–H and O–H groups in total. The first kappa shape index (κ1) is 26.6. The molecule has 1 saturated heterocycles. The summed E-state index contributed by atoms with van der Waals surface area (Å²) in [4.78, 5) is 34.5. The van der Waals surface area contributed by atoms with Crippen LogP contribution in [0, 0.1) is 6.92 Å². The third-order valence-corrected chi connectivity index (χ3v) is 8.09. The Morgan fingerprint density at radius 1 is 1.29 bits per heavy atom. The number of hydrogen-bond donors (Lipinski definition) is 1. The minimum atomic E-state index is -4.55. The highest BCUT2D eigenvalue weighted by atomic mass is 35.5. The quantitative estimate of drug-likeness (QED) is 0.231. The number of aliphatic carboxylic acids is 1. The molecule has 0 aliphatic carbocycles. The van der Waals surface area contributed by atoms with Gasteiger partial charge in [-0.25, -0.2) is 4.98 Å². The fourth-order valence-electron chi connectivity index (χ4n) is 3.24. The molecule has 0 aromatic carbocycles.